The van der Waals surface area contributed by atoms with Gasteiger partial charge in [0.05, 0.1) is 6.54 Å². The maximum atomic E-state index is 12.3. The SMILES string of the molecule is CN(CC(=O)Nc1ccc(CN2CCCC2)cc1)Cc1cccc(Cl)c1. The van der Waals surface area contributed by atoms with Crippen molar-refractivity contribution in [2.75, 3.05) is 32.0 Å². The Bertz CT molecular complexity index is 726. The molecule has 1 saturated heterocycles. The van der Waals surface area contributed by atoms with Crippen LogP contribution in [0.3, 0.4) is 0 Å². The van der Waals surface area contributed by atoms with E-state index in [0.717, 1.165) is 22.8 Å². The molecule has 3 rings (SSSR count). The summed E-state index contributed by atoms with van der Waals surface area (Å²) < 4.78 is 0. The smallest absolute Gasteiger partial charge is 0.238 e. The van der Waals surface area contributed by atoms with Gasteiger partial charge in [-0.1, -0.05) is 35.9 Å². The van der Waals surface area contributed by atoms with Gasteiger partial charge >= 0.3 is 0 Å². The molecular weight excluding hydrogens is 346 g/mol. The van der Waals surface area contributed by atoms with Gasteiger partial charge in [-0.2, -0.15) is 0 Å². The summed E-state index contributed by atoms with van der Waals surface area (Å²) in [7, 11) is 1.93. The highest BCUT2D eigenvalue weighted by Crippen LogP contribution is 2.15. The highest BCUT2D eigenvalue weighted by molar-refractivity contribution is 6.30. The van der Waals surface area contributed by atoms with Crippen molar-refractivity contribution in [3.8, 4) is 0 Å². The average molecular weight is 372 g/mol. The minimum Gasteiger partial charge on any atom is -0.325 e. The lowest BCUT2D eigenvalue weighted by atomic mass is 10.2. The Kier molecular flexibility index (Phi) is 6.67. The lowest BCUT2D eigenvalue weighted by Crippen LogP contribution is -2.29. The second-order valence-corrected chi connectivity index (χ2v) is 7.47. The lowest BCUT2D eigenvalue weighted by molar-refractivity contribution is -0.117. The summed E-state index contributed by atoms with van der Waals surface area (Å²) in [6.07, 6.45) is 2.60. The van der Waals surface area contributed by atoms with E-state index in [1.54, 1.807) is 0 Å². The third-order valence-corrected chi connectivity index (χ3v) is 4.83. The van der Waals surface area contributed by atoms with Crippen LogP contribution in [0.4, 0.5) is 5.69 Å². The molecule has 0 radical (unpaired) electrons. The summed E-state index contributed by atoms with van der Waals surface area (Å²) in [5.74, 6) is -0.0122. The number of amides is 1. The van der Waals surface area contributed by atoms with Crippen molar-refractivity contribution in [1.82, 2.24) is 9.80 Å². The zero-order chi connectivity index (χ0) is 18.4. The van der Waals surface area contributed by atoms with E-state index in [2.05, 4.69) is 22.3 Å². The molecule has 1 amide bonds. The number of likely N-dealkylation sites (N-methyl/N-ethyl adjacent to an activating group) is 1. The van der Waals surface area contributed by atoms with E-state index in [9.17, 15) is 4.79 Å². The predicted octanol–water partition coefficient (Wildman–Crippen LogP) is 4.01. The molecule has 1 aliphatic heterocycles. The van der Waals surface area contributed by atoms with E-state index in [1.807, 2.05) is 48.3 Å². The van der Waals surface area contributed by atoms with Gasteiger partial charge < -0.3 is 5.32 Å². The minimum absolute atomic E-state index is 0.0122. The van der Waals surface area contributed by atoms with Gasteiger partial charge in [0.15, 0.2) is 0 Å². The van der Waals surface area contributed by atoms with E-state index < -0.39 is 0 Å². The molecule has 1 aliphatic rings. The van der Waals surface area contributed by atoms with E-state index in [1.165, 1.54) is 31.5 Å². The number of likely N-dealkylation sites (tertiary alicyclic amines) is 1. The number of halogens is 1. The largest absolute Gasteiger partial charge is 0.325 e. The van der Waals surface area contributed by atoms with Crippen molar-refractivity contribution in [2.24, 2.45) is 0 Å². The molecule has 1 fully saturated rings. The van der Waals surface area contributed by atoms with Gasteiger partial charge in [-0.05, 0) is 68.4 Å². The number of carbonyl (C=O) groups excluding carboxylic acids is 1. The molecule has 1 heterocycles. The third-order valence-electron chi connectivity index (χ3n) is 4.60. The van der Waals surface area contributed by atoms with Crippen LogP contribution in [0.15, 0.2) is 48.5 Å². The predicted molar refractivity (Wildman–Crippen MR) is 107 cm³/mol. The van der Waals surface area contributed by atoms with Crippen LogP contribution in [-0.2, 0) is 17.9 Å². The molecule has 0 saturated carbocycles. The lowest BCUT2D eigenvalue weighted by Gasteiger charge is -2.17. The molecule has 1 N–H and O–H groups in total. The van der Waals surface area contributed by atoms with Crippen LogP contribution in [0, 0.1) is 0 Å². The third kappa shape index (κ3) is 5.84. The highest BCUT2D eigenvalue weighted by Gasteiger charge is 2.12. The first-order chi connectivity index (χ1) is 12.6. The number of hydrogen-bond donors (Lipinski definition) is 1. The quantitative estimate of drug-likeness (QED) is 0.798. The summed E-state index contributed by atoms with van der Waals surface area (Å²) in [4.78, 5) is 16.7. The Morgan fingerprint density at radius 2 is 1.85 bits per heavy atom. The summed E-state index contributed by atoms with van der Waals surface area (Å²) in [6.45, 7) is 4.40. The Hall–Kier alpha value is -1.88. The van der Waals surface area contributed by atoms with Gasteiger partial charge in [0.25, 0.3) is 0 Å². The van der Waals surface area contributed by atoms with Crippen LogP contribution < -0.4 is 5.32 Å². The molecule has 5 heteroatoms. The van der Waals surface area contributed by atoms with Crippen molar-refractivity contribution in [1.29, 1.82) is 0 Å². The molecule has 0 unspecified atom stereocenters. The first-order valence-electron chi connectivity index (χ1n) is 9.12. The molecule has 138 valence electrons. The monoisotopic (exact) mass is 371 g/mol. The Morgan fingerprint density at radius 3 is 2.54 bits per heavy atom. The van der Waals surface area contributed by atoms with Gasteiger partial charge in [0, 0.05) is 23.8 Å². The van der Waals surface area contributed by atoms with Crippen LogP contribution in [0.2, 0.25) is 5.02 Å². The zero-order valence-electron chi connectivity index (χ0n) is 15.2. The molecule has 0 aromatic heterocycles. The fourth-order valence-electron chi connectivity index (χ4n) is 3.34. The number of benzene rings is 2. The van der Waals surface area contributed by atoms with E-state index in [4.69, 9.17) is 11.6 Å². The van der Waals surface area contributed by atoms with Crippen molar-refractivity contribution in [2.45, 2.75) is 25.9 Å². The van der Waals surface area contributed by atoms with Crippen molar-refractivity contribution in [3.63, 3.8) is 0 Å². The second-order valence-electron chi connectivity index (χ2n) is 7.03. The molecule has 4 nitrogen and oxygen atoms in total. The van der Waals surface area contributed by atoms with Gasteiger partial charge in [-0.25, -0.2) is 0 Å². The minimum atomic E-state index is -0.0122. The fraction of sp³-hybridized carbons (Fsp3) is 0.381. The number of rotatable bonds is 7. The first-order valence-corrected chi connectivity index (χ1v) is 9.50. The maximum Gasteiger partial charge on any atom is 0.238 e. The zero-order valence-corrected chi connectivity index (χ0v) is 16.0. The van der Waals surface area contributed by atoms with Crippen LogP contribution in [0.5, 0.6) is 0 Å². The molecular formula is C21H26ClN3O. The fourth-order valence-corrected chi connectivity index (χ4v) is 3.55. The van der Waals surface area contributed by atoms with Crippen molar-refractivity contribution >= 4 is 23.2 Å². The number of anilines is 1. The standard InChI is InChI=1S/C21H26ClN3O/c1-24(14-18-5-4-6-19(22)13-18)16-21(26)23-20-9-7-17(8-10-20)15-25-11-2-3-12-25/h4-10,13H,2-3,11-12,14-16H2,1H3,(H,23,26). The Labute approximate surface area is 160 Å². The molecule has 0 aliphatic carbocycles. The topological polar surface area (TPSA) is 35.6 Å². The maximum absolute atomic E-state index is 12.3. The Morgan fingerprint density at radius 1 is 1.12 bits per heavy atom. The first kappa shape index (κ1) is 18.9. The van der Waals surface area contributed by atoms with Crippen LogP contribution in [0.25, 0.3) is 0 Å². The summed E-state index contributed by atoms with van der Waals surface area (Å²) in [5, 5.41) is 3.69. The normalized spacial score (nSPS) is 14.7. The number of hydrogen-bond acceptors (Lipinski definition) is 3. The summed E-state index contributed by atoms with van der Waals surface area (Å²) in [5.41, 5.74) is 3.23. The average Bonchev–Trinajstić information content (AvgIpc) is 3.09. The summed E-state index contributed by atoms with van der Waals surface area (Å²) >= 11 is 6.01. The molecule has 0 atom stereocenters. The van der Waals surface area contributed by atoms with Crippen molar-refractivity contribution < 1.29 is 4.79 Å². The van der Waals surface area contributed by atoms with E-state index in [-0.39, 0.29) is 5.91 Å². The number of nitrogens with zero attached hydrogens (tertiary/aromatic N) is 2. The molecule has 0 bridgehead atoms. The van der Waals surface area contributed by atoms with Gasteiger partial charge in [-0.3, -0.25) is 14.6 Å². The van der Waals surface area contributed by atoms with E-state index in [0.29, 0.717) is 13.1 Å². The Balaban J connectivity index is 1.46. The molecule has 2 aromatic rings. The molecule has 0 spiro atoms. The molecule has 2 aromatic carbocycles. The second kappa shape index (κ2) is 9.17. The number of carbonyl (C=O) groups is 1. The van der Waals surface area contributed by atoms with Crippen LogP contribution in [0.1, 0.15) is 24.0 Å². The van der Waals surface area contributed by atoms with E-state index >= 15 is 0 Å². The summed E-state index contributed by atoms with van der Waals surface area (Å²) in [6, 6.07) is 15.9. The molecule has 26 heavy (non-hydrogen) atoms. The van der Waals surface area contributed by atoms with Gasteiger partial charge in [0.1, 0.15) is 0 Å². The van der Waals surface area contributed by atoms with Crippen LogP contribution in [-0.4, -0.2) is 42.4 Å². The highest BCUT2D eigenvalue weighted by atomic mass is 35.5. The van der Waals surface area contributed by atoms with Crippen molar-refractivity contribution in [3.05, 3.63) is 64.7 Å². The van der Waals surface area contributed by atoms with Crippen LogP contribution >= 0.6 is 11.6 Å². The van der Waals surface area contributed by atoms with Gasteiger partial charge in [-0.15, -0.1) is 0 Å². The van der Waals surface area contributed by atoms with Gasteiger partial charge in [0.2, 0.25) is 5.91 Å². The number of nitrogens with one attached hydrogen (secondary N) is 1.